The summed E-state index contributed by atoms with van der Waals surface area (Å²) in [6.07, 6.45) is 1.76. The molecule has 6 nitrogen and oxygen atoms in total. The van der Waals surface area contributed by atoms with Gasteiger partial charge in [-0.2, -0.15) is 0 Å². The molecule has 3 aromatic rings. The summed E-state index contributed by atoms with van der Waals surface area (Å²) in [6, 6.07) is 21.5. The Hall–Kier alpha value is -3.93. The Morgan fingerprint density at radius 1 is 1.03 bits per heavy atom. The smallest absolute Gasteiger partial charge is 0.277 e. The number of benzene rings is 3. The number of carbonyl (C=O) groups is 2. The van der Waals surface area contributed by atoms with E-state index in [4.69, 9.17) is 4.74 Å². The number of nitrogens with zero attached hydrogens (tertiary/aromatic N) is 1. The molecule has 0 bridgehead atoms. The summed E-state index contributed by atoms with van der Waals surface area (Å²) in [5, 5.41) is 12.0. The lowest BCUT2D eigenvalue weighted by molar-refractivity contribution is -0.105. The van der Waals surface area contributed by atoms with Gasteiger partial charge in [0.25, 0.3) is 5.91 Å². The van der Waals surface area contributed by atoms with Crippen molar-refractivity contribution in [1.29, 1.82) is 0 Å². The highest BCUT2D eigenvalue weighted by Crippen LogP contribution is 2.26. The third-order valence-corrected chi connectivity index (χ3v) is 4.62. The minimum atomic E-state index is -0.366. The van der Waals surface area contributed by atoms with Crippen LogP contribution in [0, 0.1) is 0 Å². The number of carbonyl (C=O) groups excluding carboxylic acids is 2. The van der Waals surface area contributed by atoms with Gasteiger partial charge in [0.2, 0.25) is 6.41 Å². The molecule has 0 aliphatic rings. The molecule has 0 radical (unpaired) electrons. The number of phenolic OH excluding ortho intramolecular Hbond substituents is 1. The van der Waals surface area contributed by atoms with Gasteiger partial charge in [-0.1, -0.05) is 42.5 Å². The van der Waals surface area contributed by atoms with Crippen LogP contribution in [0.5, 0.6) is 11.5 Å². The van der Waals surface area contributed by atoms with Crippen molar-refractivity contribution in [2.24, 2.45) is 4.99 Å². The van der Waals surface area contributed by atoms with Crippen molar-refractivity contribution >= 4 is 23.7 Å². The summed E-state index contributed by atoms with van der Waals surface area (Å²) < 4.78 is 5.83. The molecular weight excluding hydrogens is 392 g/mol. The molecule has 0 atom stereocenters. The molecule has 0 aromatic heterocycles. The molecule has 2 N–H and O–H groups in total. The molecule has 0 aliphatic carbocycles. The highest BCUT2D eigenvalue weighted by molar-refractivity contribution is 6.04. The van der Waals surface area contributed by atoms with E-state index in [9.17, 15) is 14.7 Å². The Morgan fingerprint density at radius 3 is 2.48 bits per heavy atom. The second kappa shape index (κ2) is 10.7. The fourth-order valence-corrected chi connectivity index (χ4v) is 3.07. The first-order valence-electron chi connectivity index (χ1n) is 9.92. The van der Waals surface area contributed by atoms with Crippen LogP contribution >= 0.6 is 0 Å². The van der Waals surface area contributed by atoms with E-state index < -0.39 is 0 Å². The average Bonchev–Trinajstić information content (AvgIpc) is 2.77. The molecule has 31 heavy (non-hydrogen) atoms. The largest absolute Gasteiger partial charge is 0.508 e. The molecule has 0 aliphatic heterocycles. The van der Waals surface area contributed by atoms with Crippen LogP contribution in [0.4, 0.5) is 5.69 Å². The first kappa shape index (κ1) is 21.8. The van der Waals surface area contributed by atoms with Gasteiger partial charge >= 0.3 is 0 Å². The van der Waals surface area contributed by atoms with Crippen molar-refractivity contribution in [3.63, 3.8) is 0 Å². The van der Waals surface area contributed by atoms with Gasteiger partial charge in [0, 0.05) is 24.1 Å². The van der Waals surface area contributed by atoms with Crippen LogP contribution in [-0.4, -0.2) is 29.7 Å². The van der Waals surface area contributed by atoms with E-state index in [-0.39, 0.29) is 11.7 Å². The van der Waals surface area contributed by atoms with Crippen LogP contribution in [0.3, 0.4) is 0 Å². The van der Waals surface area contributed by atoms with Gasteiger partial charge in [-0.3, -0.25) is 9.59 Å². The Kier molecular flexibility index (Phi) is 7.54. The van der Waals surface area contributed by atoms with Crippen molar-refractivity contribution in [1.82, 2.24) is 0 Å². The highest BCUT2D eigenvalue weighted by atomic mass is 16.5. The van der Waals surface area contributed by atoms with Crippen LogP contribution in [0.25, 0.3) is 0 Å². The summed E-state index contributed by atoms with van der Waals surface area (Å²) in [5.41, 5.74) is 3.64. The molecule has 3 rings (SSSR count). The summed E-state index contributed by atoms with van der Waals surface area (Å²) in [7, 11) is 0. The molecule has 0 heterocycles. The van der Waals surface area contributed by atoms with E-state index in [2.05, 4.69) is 10.3 Å². The minimum Gasteiger partial charge on any atom is -0.508 e. The SMILES string of the molecule is CC(Cc1ccccc1)=NC(=O)c1ccc(NC=O)c(OCCc2ccc(O)cc2)c1. The number of phenols is 1. The quantitative estimate of drug-likeness (QED) is 0.399. The molecule has 3 aromatic carbocycles. The highest BCUT2D eigenvalue weighted by Gasteiger charge is 2.11. The molecule has 0 fully saturated rings. The van der Waals surface area contributed by atoms with Crippen molar-refractivity contribution < 1.29 is 19.4 Å². The van der Waals surface area contributed by atoms with Crippen LogP contribution in [-0.2, 0) is 17.6 Å². The molecule has 158 valence electrons. The zero-order valence-corrected chi connectivity index (χ0v) is 17.2. The third kappa shape index (κ3) is 6.54. The molecule has 0 unspecified atom stereocenters. The van der Waals surface area contributed by atoms with E-state index in [1.54, 1.807) is 30.3 Å². The van der Waals surface area contributed by atoms with Gasteiger partial charge in [-0.15, -0.1) is 0 Å². The fourth-order valence-electron chi connectivity index (χ4n) is 3.07. The fraction of sp³-hybridized carbons (Fsp3) is 0.160. The zero-order chi connectivity index (χ0) is 22.1. The van der Waals surface area contributed by atoms with Gasteiger partial charge in [0.1, 0.15) is 11.5 Å². The normalized spacial score (nSPS) is 11.1. The summed E-state index contributed by atoms with van der Waals surface area (Å²) in [4.78, 5) is 27.8. The lowest BCUT2D eigenvalue weighted by atomic mass is 10.1. The first-order valence-corrected chi connectivity index (χ1v) is 9.92. The number of aromatic hydroxyl groups is 1. The number of hydrogen-bond donors (Lipinski definition) is 2. The number of aliphatic imine (C=N–C) groups is 1. The van der Waals surface area contributed by atoms with Crippen molar-refractivity contribution in [2.75, 3.05) is 11.9 Å². The Balaban J connectivity index is 1.70. The maximum Gasteiger partial charge on any atom is 0.277 e. The maximum absolute atomic E-state index is 12.6. The summed E-state index contributed by atoms with van der Waals surface area (Å²) >= 11 is 0. The minimum absolute atomic E-state index is 0.205. The Bertz CT molecular complexity index is 1060. The van der Waals surface area contributed by atoms with Gasteiger partial charge in [0.15, 0.2) is 0 Å². The monoisotopic (exact) mass is 416 g/mol. The van der Waals surface area contributed by atoms with Crippen molar-refractivity contribution in [3.05, 3.63) is 89.5 Å². The second-order valence-corrected chi connectivity index (χ2v) is 7.05. The summed E-state index contributed by atoms with van der Waals surface area (Å²) in [5.74, 6) is 0.235. The number of anilines is 1. The van der Waals surface area contributed by atoms with Crippen LogP contribution in [0.2, 0.25) is 0 Å². The van der Waals surface area contributed by atoms with E-state index >= 15 is 0 Å². The van der Waals surface area contributed by atoms with E-state index in [0.717, 1.165) is 11.1 Å². The van der Waals surface area contributed by atoms with Gasteiger partial charge in [-0.05, 0) is 48.4 Å². The molecule has 6 heteroatoms. The molecule has 0 spiro atoms. The predicted molar refractivity (Wildman–Crippen MR) is 121 cm³/mol. The van der Waals surface area contributed by atoms with Crippen molar-refractivity contribution in [3.8, 4) is 11.5 Å². The van der Waals surface area contributed by atoms with Crippen molar-refractivity contribution in [2.45, 2.75) is 19.8 Å². The number of nitrogens with one attached hydrogen (secondary N) is 1. The number of hydrogen-bond acceptors (Lipinski definition) is 4. The third-order valence-electron chi connectivity index (χ3n) is 4.62. The topological polar surface area (TPSA) is 88.0 Å². The molecule has 2 amide bonds. The molecule has 0 saturated heterocycles. The molecule has 0 saturated carbocycles. The predicted octanol–water partition coefficient (Wildman–Crippen LogP) is 4.43. The number of rotatable bonds is 9. The van der Waals surface area contributed by atoms with Crippen LogP contribution in [0.15, 0.2) is 77.8 Å². The zero-order valence-electron chi connectivity index (χ0n) is 17.2. The summed E-state index contributed by atoms with van der Waals surface area (Å²) in [6.45, 7) is 2.16. The lowest BCUT2D eigenvalue weighted by Crippen LogP contribution is -2.07. The van der Waals surface area contributed by atoms with E-state index in [1.165, 1.54) is 0 Å². The lowest BCUT2D eigenvalue weighted by Gasteiger charge is -2.12. The van der Waals surface area contributed by atoms with Gasteiger partial charge in [0.05, 0.1) is 12.3 Å². The molecular formula is C25H24N2O4. The number of amides is 2. The Morgan fingerprint density at radius 2 is 1.77 bits per heavy atom. The first-order chi connectivity index (χ1) is 15.0. The van der Waals surface area contributed by atoms with E-state index in [0.29, 0.717) is 48.6 Å². The Labute approximate surface area is 181 Å². The van der Waals surface area contributed by atoms with Crippen LogP contribution < -0.4 is 10.1 Å². The van der Waals surface area contributed by atoms with Gasteiger partial charge < -0.3 is 15.2 Å². The standard InChI is InChI=1S/C25H24N2O4/c1-18(15-20-5-3-2-4-6-20)27-25(30)21-9-12-23(26-17-28)24(16-21)31-14-13-19-7-10-22(29)11-8-19/h2-12,16-17,29H,13-15H2,1H3,(H,26,28). The maximum atomic E-state index is 12.6. The van der Waals surface area contributed by atoms with E-state index in [1.807, 2.05) is 49.4 Å². The second-order valence-electron chi connectivity index (χ2n) is 7.05. The number of ether oxygens (including phenoxy) is 1. The van der Waals surface area contributed by atoms with Gasteiger partial charge in [-0.25, -0.2) is 4.99 Å². The average molecular weight is 416 g/mol. The van der Waals surface area contributed by atoms with Crippen LogP contribution in [0.1, 0.15) is 28.4 Å².